The molecular weight excluding hydrogens is 346 g/mol. The van der Waals surface area contributed by atoms with Crippen molar-refractivity contribution in [1.29, 1.82) is 0 Å². The molecule has 0 radical (unpaired) electrons. The van der Waals surface area contributed by atoms with Crippen LogP contribution in [0.4, 0.5) is 0 Å². The van der Waals surface area contributed by atoms with E-state index < -0.39 is 0 Å². The summed E-state index contributed by atoms with van der Waals surface area (Å²) in [4.78, 5) is 19.0. The number of rotatable bonds is 7. The first-order valence-corrected chi connectivity index (χ1v) is 9.46. The molecule has 2 aromatic heterocycles. The second kappa shape index (κ2) is 8.29. The Hall–Kier alpha value is -2.44. The lowest BCUT2D eigenvalue weighted by atomic mass is 10.1. The van der Waals surface area contributed by atoms with Gasteiger partial charge in [-0.2, -0.15) is 11.3 Å². The lowest BCUT2D eigenvalue weighted by molar-refractivity contribution is -0.120. The van der Waals surface area contributed by atoms with Gasteiger partial charge in [-0.1, -0.05) is 18.2 Å². The van der Waals surface area contributed by atoms with Crippen molar-refractivity contribution in [3.05, 3.63) is 64.2 Å². The maximum atomic E-state index is 12.4. The van der Waals surface area contributed by atoms with E-state index in [9.17, 15) is 4.79 Å². The third kappa shape index (κ3) is 4.39. The quantitative estimate of drug-likeness (QED) is 0.690. The molecule has 1 unspecified atom stereocenters. The van der Waals surface area contributed by atoms with Gasteiger partial charge in [-0.3, -0.25) is 4.79 Å². The Kier molecular flexibility index (Phi) is 5.85. The highest BCUT2D eigenvalue weighted by molar-refractivity contribution is 7.07. The molecule has 0 aliphatic carbocycles. The first-order valence-electron chi connectivity index (χ1n) is 8.51. The topological polar surface area (TPSA) is 58.4 Å². The Morgan fingerprint density at radius 1 is 1.27 bits per heavy atom. The highest BCUT2D eigenvalue weighted by Crippen LogP contribution is 2.22. The van der Waals surface area contributed by atoms with Gasteiger partial charge in [0.2, 0.25) is 11.8 Å². The highest BCUT2D eigenvalue weighted by Gasteiger charge is 2.18. The smallest absolute Gasteiger partial charge is 0.226 e. The summed E-state index contributed by atoms with van der Waals surface area (Å²) in [5, 5.41) is 7.19. The summed E-state index contributed by atoms with van der Waals surface area (Å²) in [5.74, 6) is 1.18. The molecule has 3 rings (SSSR count). The Morgan fingerprint density at radius 3 is 2.69 bits per heavy atom. The van der Waals surface area contributed by atoms with E-state index in [-0.39, 0.29) is 18.4 Å². The molecule has 0 fully saturated rings. The lowest BCUT2D eigenvalue weighted by Gasteiger charge is -2.23. The number of hydrogen-bond donors (Lipinski definition) is 1. The van der Waals surface area contributed by atoms with E-state index in [1.54, 1.807) is 11.3 Å². The van der Waals surface area contributed by atoms with Crippen molar-refractivity contribution in [1.82, 2.24) is 15.2 Å². The van der Waals surface area contributed by atoms with E-state index in [1.807, 2.05) is 51.4 Å². The number of amides is 1. The van der Waals surface area contributed by atoms with Crippen molar-refractivity contribution in [3.63, 3.8) is 0 Å². The largest absolute Gasteiger partial charge is 0.441 e. The normalized spacial score (nSPS) is 12.3. The average molecular weight is 369 g/mol. The van der Waals surface area contributed by atoms with E-state index in [2.05, 4.69) is 32.0 Å². The Morgan fingerprint density at radius 2 is 2.04 bits per heavy atom. The van der Waals surface area contributed by atoms with Crippen LogP contribution >= 0.6 is 11.3 Å². The van der Waals surface area contributed by atoms with E-state index in [4.69, 9.17) is 4.42 Å². The molecule has 0 saturated carbocycles. The third-order valence-electron chi connectivity index (χ3n) is 4.29. The number of nitrogens with zero attached hydrogens (tertiary/aromatic N) is 2. The number of hydrogen-bond acceptors (Lipinski definition) is 5. The maximum Gasteiger partial charge on any atom is 0.226 e. The van der Waals surface area contributed by atoms with Crippen LogP contribution in [0.2, 0.25) is 0 Å². The van der Waals surface area contributed by atoms with Crippen LogP contribution in [0.5, 0.6) is 0 Å². The molecule has 1 atom stereocenters. The lowest BCUT2D eigenvalue weighted by Crippen LogP contribution is -2.35. The molecule has 3 aromatic rings. The van der Waals surface area contributed by atoms with Gasteiger partial charge in [0.1, 0.15) is 5.76 Å². The fourth-order valence-corrected chi connectivity index (χ4v) is 3.49. The molecule has 5 nitrogen and oxygen atoms in total. The summed E-state index contributed by atoms with van der Waals surface area (Å²) in [6.07, 6.45) is 0.214. The fraction of sp³-hybridized carbons (Fsp3) is 0.300. The minimum Gasteiger partial charge on any atom is -0.441 e. The molecule has 0 spiro atoms. The number of thiophene rings is 1. The second-order valence-electron chi connectivity index (χ2n) is 6.40. The van der Waals surface area contributed by atoms with Crippen molar-refractivity contribution in [2.75, 3.05) is 20.6 Å². The zero-order chi connectivity index (χ0) is 18.5. The van der Waals surface area contributed by atoms with Crippen LogP contribution in [-0.4, -0.2) is 36.4 Å². The number of carbonyl (C=O) groups excluding carboxylic acids is 1. The van der Waals surface area contributed by atoms with Crippen molar-refractivity contribution in [2.24, 2.45) is 0 Å². The van der Waals surface area contributed by atoms with Gasteiger partial charge in [0, 0.05) is 12.1 Å². The number of likely N-dealkylation sites (N-methyl/N-ethyl adjacent to an activating group) is 1. The van der Waals surface area contributed by atoms with Gasteiger partial charge < -0.3 is 14.6 Å². The SMILES string of the molecule is Cc1oc(-c2ccccc2)nc1CC(=O)NCC(c1ccsc1)N(C)C. The van der Waals surface area contributed by atoms with E-state index in [0.717, 1.165) is 5.56 Å². The third-order valence-corrected chi connectivity index (χ3v) is 4.99. The molecular formula is C20H23N3O2S. The average Bonchev–Trinajstić information content (AvgIpc) is 3.26. The summed E-state index contributed by atoms with van der Waals surface area (Å²) in [6, 6.07) is 12.0. The molecule has 1 aromatic carbocycles. The van der Waals surface area contributed by atoms with Crippen LogP contribution in [0.15, 0.2) is 51.6 Å². The highest BCUT2D eigenvalue weighted by atomic mass is 32.1. The van der Waals surface area contributed by atoms with Crippen LogP contribution in [0, 0.1) is 6.92 Å². The molecule has 136 valence electrons. The number of aryl methyl sites for hydroxylation is 1. The van der Waals surface area contributed by atoms with Crippen LogP contribution < -0.4 is 5.32 Å². The molecule has 0 aliphatic heterocycles. The molecule has 1 N–H and O–H groups in total. The predicted molar refractivity (Wildman–Crippen MR) is 104 cm³/mol. The van der Waals surface area contributed by atoms with Crippen LogP contribution in [0.25, 0.3) is 11.5 Å². The minimum atomic E-state index is -0.0527. The van der Waals surface area contributed by atoms with Gasteiger partial charge >= 0.3 is 0 Å². The van der Waals surface area contributed by atoms with Crippen LogP contribution in [0.3, 0.4) is 0 Å². The molecule has 0 bridgehead atoms. The Bertz CT molecular complexity index is 841. The number of benzene rings is 1. The zero-order valence-electron chi connectivity index (χ0n) is 15.2. The first-order chi connectivity index (χ1) is 12.5. The summed E-state index contributed by atoms with van der Waals surface area (Å²) in [6.45, 7) is 2.40. The molecule has 6 heteroatoms. The zero-order valence-corrected chi connectivity index (χ0v) is 16.0. The molecule has 0 saturated heterocycles. The van der Waals surface area contributed by atoms with Crippen molar-refractivity contribution >= 4 is 17.2 Å². The number of nitrogens with one attached hydrogen (secondary N) is 1. The van der Waals surface area contributed by atoms with Gasteiger partial charge in [0.15, 0.2) is 0 Å². The standard InChI is InChI=1S/C20H23N3O2S/c1-14-17(22-20(25-14)15-7-5-4-6-8-15)11-19(24)21-12-18(23(2)3)16-9-10-26-13-16/h4-10,13,18H,11-12H2,1-3H3,(H,21,24). The van der Waals surface area contributed by atoms with Gasteiger partial charge in [0.05, 0.1) is 18.2 Å². The number of carbonyl (C=O) groups is 1. The number of oxazole rings is 1. The second-order valence-corrected chi connectivity index (χ2v) is 7.18. The number of aromatic nitrogens is 1. The van der Waals surface area contributed by atoms with Crippen molar-refractivity contribution in [2.45, 2.75) is 19.4 Å². The van der Waals surface area contributed by atoms with E-state index in [1.165, 1.54) is 5.56 Å². The summed E-state index contributed by atoms with van der Waals surface area (Å²) >= 11 is 1.66. The van der Waals surface area contributed by atoms with E-state index >= 15 is 0 Å². The Labute approximate surface area is 157 Å². The summed E-state index contributed by atoms with van der Waals surface area (Å²) in [5.41, 5.74) is 2.80. The summed E-state index contributed by atoms with van der Waals surface area (Å²) in [7, 11) is 4.03. The predicted octanol–water partition coefficient (Wildman–Crippen LogP) is 3.67. The monoisotopic (exact) mass is 369 g/mol. The van der Waals surface area contributed by atoms with Gasteiger partial charge in [0.25, 0.3) is 0 Å². The minimum absolute atomic E-state index is 0.0527. The fourth-order valence-electron chi connectivity index (χ4n) is 2.78. The Balaban J connectivity index is 1.62. The van der Waals surface area contributed by atoms with Crippen LogP contribution in [0.1, 0.15) is 23.1 Å². The molecule has 1 amide bonds. The molecule has 26 heavy (non-hydrogen) atoms. The first kappa shape index (κ1) is 18.4. The van der Waals surface area contributed by atoms with Crippen LogP contribution in [-0.2, 0) is 11.2 Å². The van der Waals surface area contributed by atoms with E-state index in [0.29, 0.717) is 23.9 Å². The van der Waals surface area contributed by atoms with Crippen molar-refractivity contribution < 1.29 is 9.21 Å². The maximum absolute atomic E-state index is 12.4. The van der Waals surface area contributed by atoms with Gasteiger partial charge in [-0.25, -0.2) is 4.98 Å². The van der Waals surface area contributed by atoms with Gasteiger partial charge in [-0.15, -0.1) is 0 Å². The molecule has 0 aliphatic rings. The summed E-state index contributed by atoms with van der Waals surface area (Å²) < 4.78 is 5.73. The van der Waals surface area contributed by atoms with Crippen molar-refractivity contribution in [3.8, 4) is 11.5 Å². The molecule has 2 heterocycles. The van der Waals surface area contributed by atoms with Gasteiger partial charge in [-0.05, 0) is 55.5 Å².